The molecule has 2 aromatic rings. The van der Waals surface area contributed by atoms with Crippen molar-refractivity contribution in [2.75, 3.05) is 23.3 Å². The second-order valence-corrected chi connectivity index (χ2v) is 7.44. The number of piperidine rings is 1. The predicted octanol–water partition coefficient (Wildman–Crippen LogP) is 2.88. The second kappa shape index (κ2) is 7.62. The molecule has 8 nitrogen and oxygen atoms in total. The molecule has 1 fully saturated rings. The van der Waals surface area contributed by atoms with Gasteiger partial charge in [-0.3, -0.25) is 9.89 Å². The summed E-state index contributed by atoms with van der Waals surface area (Å²) >= 11 is 0. The molecule has 13 heteroatoms. The summed E-state index contributed by atoms with van der Waals surface area (Å²) in [5.74, 6) is -1.20. The second-order valence-electron chi connectivity index (χ2n) is 7.44. The van der Waals surface area contributed by atoms with Crippen LogP contribution in [0.2, 0.25) is 0 Å². The Morgan fingerprint density at radius 3 is 2.55 bits per heavy atom. The molecule has 0 saturated carbocycles. The van der Waals surface area contributed by atoms with Crippen molar-refractivity contribution in [1.82, 2.24) is 15.2 Å². The van der Waals surface area contributed by atoms with Gasteiger partial charge in [-0.2, -0.15) is 27.1 Å². The van der Waals surface area contributed by atoms with E-state index in [2.05, 4.69) is 25.2 Å². The van der Waals surface area contributed by atoms with E-state index in [0.717, 1.165) is 0 Å². The lowest BCUT2D eigenvalue weighted by atomic mass is 9.81. The van der Waals surface area contributed by atoms with E-state index in [1.165, 1.54) is 18.3 Å². The molecule has 2 aliphatic rings. The first-order chi connectivity index (χ1) is 14.6. The van der Waals surface area contributed by atoms with Crippen molar-refractivity contribution < 1.29 is 36.6 Å². The molecule has 0 aliphatic carbocycles. The molecular weight excluding hydrogens is 429 g/mol. The maximum absolute atomic E-state index is 13.7. The van der Waals surface area contributed by atoms with Gasteiger partial charge in [-0.25, -0.2) is 4.98 Å². The summed E-state index contributed by atoms with van der Waals surface area (Å²) < 4.78 is 69.7. The van der Waals surface area contributed by atoms with Crippen LogP contribution in [0.5, 0.6) is 5.75 Å². The fraction of sp³-hybridized carbons (Fsp3) is 0.500. The van der Waals surface area contributed by atoms with Crippen LogP contribution >= 0.6 is 0 Å². The number of hydrogen-bond acceptors (Lipinski definition) is 6. The van der Waals surface area contributed by atoms with Gasteiger partial charge in [-0.05, 0) is 25.0 Å². The number of anilines is 2. The third-order valence-corrected chi connectivity index (χ3v) is 5.52. The smallest absolute Gasteiger partial charge is 0.422 e. The Morgan fingerprint density at radius 2 is 1.97 bits per heavy atom. The SMILES string of the molecule is O=C1CC(O)(C(F)(F)F)c2c(n[nH]c2C2CCN(c3ccc(OC(F)F)cn3)CC2)N1. The Morgan fingerprint density at radius 1 is 1.26 bits per heavy atom. The number of halogens is 5. The monoisotopic (exact) mass is 447 g/mol. The minimum Gasteiger partial charge on any atom is -0.433 e. The normalized spacial score (nSPS) is 22.4. The lowest BCUT2D eigenvalue weighted by Gasteiger charge is -2.37. The van der Waals surface area contributed by atoms with Crippen LogP contribution in [-0.2, 0) is 10.4 Å². The zero-order valence-corrected chi connectivity index (χ0v) is 15.9. The van der Waals surface area contributed by atoms with E-state index < -0.39 is 36.3 Å². The number of aromatic nitrogens is 3. The topological polar surface area (TPSA) is 103 Å². The number of alkyl halides is 5. The van der Waals surface area contributed by atoms with Gasteiger partial charge < -0.3 is 20.1 Å². The first-order valence-corrected chi connectivity index (χ1v) is 9.42. The van der Waals surface area contributed by atoms with Crippen LogP contribution in [0.3, 0.4) is 0 Å². The molecule has 1 amide bonds. The van der Waals surface area contributed by atoms with Gasteiger partial charge in [-0.1, -0.05) is 0 Å². The predicted molar refractivity (Wildman–Crippen MR) is 96.8 cm³/mol. The van der Waals surface area contributed by atoms with Crippen LogP contribution in [0.15, 0.2) is 18.3 Å². The molecular formula is C18H18F5N5O3. The number of H-pyrrole nitrogens is 1. The maximum atomic E-state index is 13.7. The van der Waals surface area contributed by atoms with Gasteiger partial charge in [0.25, 0.3) is 0 Å². The summed E-state index contributed by atoms with van der Waals surface area (Å²) in [6.45, 7) is -2.10. The van der Waals surface area contributed by atoms with E-state index in [0.29, 0.717) is 31.7 Å². The van der Waals surface area contributed by atoms with E-state index in [1.807, 2.05) is 4.90 Å². The van der Waals surface area contributed by atoms with Gasteiger partial charge in [0.05, 0.1) is 18.2 Å². The minimum absolute atomic E-state index is 0.0776. The average molecular weight is 447 g/mol. The molecule has 1 atom stereocenters. The van der Waals surface area contributed by atoms with E-state index in [9.17, 15) is 31.9 Å². The summed E-state index contributed by atoms with van der Waals surface area (Å²) in [7, 11) is 0. The van der Waals surface area contributed by atoms with Crippen molar-refractivity contribution in [3.05, 3.63) is 29.6 Å². The van der Waals surface area contributed by atoms with Crippen molar-refractivity contribution >= 4 is 17.5 Å². The number of carbonyl (C=O) groups excluding carboxylic acids is 1. The molecule has 31 heavy (non-hydrogen) atoms. The van der Waals surface area contributed by atoms with Gasteiger partial charge >= 0.3 is 12.8 Å². The van der Waals surface area contributed by atoms with Crippen LogP contribution in [0.4, 0.5) is 33.6 Å². The Bertz CT molecular complexity index is 956. The number of pyridine rings is 1. The molecule has 4 heterocycles. The van der Waals surface area contributed by atoms with Gasteiger partial charge in [0.2, 0.25) is 5.91 Å². The van der Waals surface area contributed by atoms with Crippen molar-refractivity contribution in [2.45, 2.75) is 43.6 Å². The van der Waals surface area contributed by atoms with Crippen molar-refractivity contribution in [2.24, 2.45) is 0 Å². The van der Waals surface area contributed by atoms with Gasteiger partial charge in [-0.15, -0.1) is 0 Å². The lowest BCUT2D eigenvalue weighted by Crippen LogP contribution is -2.48. The maximum Gasteiger partial charge on any atom is 0.422 e. The van der Waals surface area contributed by atoms with Crippen LogP contribution in [-0.4, -0.2) is 52.1 Å². The molecule has 3 N–H and O–H groups in total. The summed E-state index contributed by atoms with van der Waals surface area (Å²) in [4.78, 5) is 17.6. The number of amides is 1. The van der Waals surface area contributed by atoms with E-state index in [4.69, 9.17) is 0 Å². The minimum atomic E-state index is -5.05. The zero-order chi connectivity index (χ0) is 22.4. The molecule has 0 radical (unpaired) electrons. The number of rotatable bonds is 4. The Kier molecular flexibility index (Phi) is 5.23. The van der Waals surface area contributed by atoms with Crippen molar-refractivity contribution in [1.29, 1.82) is 0 Å². The zero-order valence-electron chi connectivity index (χ0n) is 15.9. The van der Waals surface area contributed by atoms with Crippen LogP contribution in [0.1, 0.15) is 36.4 Å². The van der Waals surface area contributed by atoms with Crippen molar-refractivity contribution in [3.63, 3.8) is 0 Å². The molecule has 1 unspecified atom stereocenters. The van der Waals surface area contributed by atoms with Crippen molar-refractivity contribution in [3.8, 4) is 5.75 Å². The van der Waals surface area contributed by atoms with E-state index in [1.54, 1.807) is 0 Å². The molecule has 0 spiro atoms. The summed E-state index contributed by atoms with van der Waals surface area (Å²) in [6, 6.07) is 2.88. The Balaban J connectivity index is 1.51. The third kappa shape index (κ3) is 3.89. The number of hydrogen-bond donors (Lipinski definition) is 3. The van der Waals surface area contributed by atoms with Gasteiger partial charge in [0.1, 0.15) is 11.6 Å². The lowest BCUT2D eigenvalue weighted by molar-refractivity contribution is -0.267. The number of fused-ring (bicyclic) bond motifs is 1. The average Bonchev–Trinajstić information content (AvgIpc) is 3.12. The highest BCUT2D eigenvalue weighted by Crippen LogP contribution is 2.49. The number of aromatic amines is 1. The largest absolute Gasteiger partial charge is 0.433 e. The molecule has 2 aromatic heterocycles. The van der Waals surface area contributed by atoms with Crippen LogP contribution in [0, 0.1) is 0 Å². The first-order valence-electron chi connectivity index (χ1n) is 9.42. The molecule has 168 valence electrons. The number of ether oxygens (including phenoxy) is 1. The fourth-order valence-electron chi connectivity index (χ4n) is 4.03. The number of aliphatic hydroxyl groups is 1. The Labute approximate surface area is 172 Å². The molecule has 4 rings (SSSR count). The highest BCUT2D eigenvalue weighted by Gasteiger charge is 2.61. The highest BCUT2D eigenvalue weighted by molar-refractivity contribution is 5.94. The molecule has 2 aliphatic heterocycles. The van der Waals surface area contributed by atoms with Crippen LogP contribution in [0.25, 0.3) is 0 Å². The summed E-state index contributed by atoms with van der Waals surface area (Å²) in [5.41, 5.74) is -3.61. The fourth-order valence-corrected chi connectivity index (χ4v) is 4.03. The summed E-state index contributed by atoms with van der Waals surface area (Å²) in [6.07, 6.45) is -4.16. The number of nitrogens with one attached hydrogen (secondary N) is 2. The first kappa shape index (κ1) is 21.3. The summed E-state index contributed by atoms with van der Waals surface area (Å²) in [5, 5.41) is 19.0. The van der Waals surface area contributed by atoms with E-state index in [-0.39, 0.29) is 23.2 Å². The Hall–Kier alpha value is -2.96. The quantitative estimate of drug-likeness (QED) is 0.623. The highest BCUT2D eigenvalue weighted by atomic mass is 19.4. The molecule has 0 aromatic carbocycles. The third-order valence-electron chi connectivity index (χ3n) is 5.52. The van der Waals surface area contributed by atoms with Gasteiger partial charge in [0.15, 0.2) is 11.4 Å². The van der Waals surface area contributed by atoms with Gasteiger partial charge in [0, 0.05) is 24.7 Å². The molecule has 1 saturated heterocycles. The molecule has 0 bridgehead atoms. The standard InChI is InChI=1S/C18H18F5N5O3/c19-16(20)31-10-1-2-11(24-8-10)28-5-3-9(4-6-28)14-13-15(27-26-14)25-12(29)7-17(13,30)18(21,22)23/h1-2,8-9,16,30H,3-7H2,(H2,25,26,27,29). The number of carbonyl (C=O) groups is 1. The van der Waals surface area contributed by atoms with Crippen LogP contribution < -0.4 is 15.0 Å². The van der Waals surface area contributed by atoms with E-state index >= 15 is 0 Å². The number of nitrogens with zero attached hydrogens (tertiary/aromatic N) is 3.